The van der Waals surface area contributed by atoms with Gasteiger partial charge in [0.2, 0.25) is 5.91 Å². The van der Waals surface area contributed by atoms with Crippen LogP contribution in [-0.4, -0.2) is 99.0 Å². The van der Waals surface area contributed by atoms with Crippen molar-refractivity contribution in [1.29, 1.82) is 0 Å². The van der Waals surface area contributed by atoms with Crippen LogP contribution in [0, 0.1) is 0 Å². The zero-order valence-corrected chi connectivity index (χ0v) is 24.9. The van der Waals surface area contributed by atoms with Crippen molar-refractivity contribution < 1.29 is 27.8 Å². The van der Waals surface area contributed by atoms with Crippen LogP contribution in [0.25, 0.3) is 16.9 Å². The lowest BCUT2D eigenvalue weighted by Crippen LogP contribution is -2.47. The largest absolute Gasteiger partial charge is 0.434 e. The zero-order chi connectivity index (χ0) is 31.4. The quantitative estimate of drug-likeness (QED) is 0.255. The first-order valence-corrected chi connectivity index (χ1v) is 14.2. The number of nitrogens with zero attached hydrogens (tertiary/aromatic N) is 7. The van der Waals surface area contributed by atoms with Gasteiger partial charge in [-0.2, -0.15) is 13.9 Å². The van der Waals surface area contributed by atoms with Crippen LogP contribution in [0.5, 0.6) is 5.75 Å². The number of nitrogen functional groups attached to an aromatic ring is 1. The summed E-state index contributed by atoms with van der Waals surface area (Å²) in [6, 6.07) is 6.03. The van der Waals surface area contributed by atoms with Crippen LogP contribution in [0.4, 0.5) is 20.3 Å². The molecular weight excluding hydrogens is 600 g/mol. The summed E-state index contributed by atoms with van der Waals surface area (Å²) in [4.78, 5) is 35.0. The van der Waals surface area contributed by atoms with Crippen molar-refractivity contribution in [1.82, 2.24) is 34.2 Å². The van der Waals surface area contributed by atoms with E-state index >= 15 is 0 Å². The van der Waals surface area contributed by atoms with Crippen molar-refractivity contribution in [3.8, 4) is 17.0 Å². The second-order valence-electron chi connectivity index (χ2n) is 10.3. The van der Waals surface area contributed by atoms with E-state index < -0.39 is 12.5 Å². The fourth-order valence-electron chi connectivity index (χ4n) is 5.20. The Morgan fingerprint density at radius 3 is 2.75 bits per heavy atom. The van der Waals surface area contributed by atoms with Gasteiger partial charge in [-0.15, -0.1) is 5.10 Å². The van der Waals surface area contributed by atoms with Crippen molar-refractivity contribution in [2.24, 2.45) is 0 Å². The molecule has 1 fully saturated rings. The maximum atomic E-state index is 13.5. The molecule has 0 aliphatic carbocycles. The van der Waals surface area contributed by atoms with Gasteiger partial charge in [0.25, 0.3) is 5.91 Å². The normalized spacial score (nSPS) is 14.1. The molecular formula is C28H32ClF2N9O4. The van der Waals surface area contributed by atoms with Crippen LogP contribution in [0.15, 0.2) is 42.9 Å². The van der Waals surface area contributed by atoms with E-state index in [1.165, 1.54) is 39.8 Å². The highest BCUT2D eigenvalue weighted by Gasteiger charge is 2.27. The summed E-state index contributed by atoms with van der Waals surface area (Å²) in [5, 5.41) is 11.6. The van der Waals surface area contributed by atoms with Gasteiger partial charge in [0, 0.05) is 62.0 Å². The number of carbonyl (C=O) groups excluding carboxylic acids is 2. The minimum Gasteiger partial charge on any atom is -0.434 e. The summed E-state index contributed by atoms with van der Waals surface area (Å²) in [5.74, 6) is -1.12. The summed E-state index contributed by atoms with van der Waals surface area (Å²) in [5.41, 5.74) is 6.51. The van der Waals surface area contributed by atoms with Crippen LogP contribution in [0.3, 0.4) is 0 Å². The lowest BCUT2D eigenvalue weighted by atomic mass is 10.0. The Labute approximate surface area is 256 Å². The number of nitrogens with one attached hydrogen (secondary N) is 1. The minimum atomic E-state index is -3.13. The minimum absolute atomic E-state index is 0.00821. The Morgan fingerprint density at radius 1 is 1.25 bits per heavy atom. The third kappa shape index (κ3) is 6.90. The maximum absolute atomic E-state index is 13.5. The number of benzene rings is 1. The second-order valence-corrected chi connectivity index (χ2v) is 10.7. The molecule has 4 heterocycles. The van der Waals surface area contributed by atoms with Gasteiger partial charge in [-0.05, 0) is 44.2 Å². The summed E-state index contributed by atoms with van der Waals surface area (Å²) < 4.78 is 39.2. The fourth-order valence-corrected chi connectivity index (χ4v) is 5.37. The summed E-state index contributed by atoms with van der Waals surface area (Å²) in [7, 11) is 3.71. The van der Waals surface area contributed by atoms with Gasteiger partial charge in [-0.25, -0.2) is 9.50 Å². The second kappa shape index (κ2) is 13.5. The van der Waals surface area contributed by atoms with E-state index in [9.17, 15) is 18.4 Å². The Kier molecular flexibility index (Phi) is 9.56. The smallest absolute Gasteiger partial charge is 0.387 e. The number of alkyl halides is 2. The number of methoxy groups -OCH3 is 1. The van der Waals surface area contributed by atoms with Crippen LogP contribution < -0.4 is 15.8 Å². The van der Waals surface area contributed by atoms with Gasteiger partial charge < -0.3 is 30.3 Å². The van der Waals surface area contributed by atoms with Crippen LogP contribution in [0.2, 0.25) is 5.02 Å². The van der Waals surface area contributed by atoms with Crippen molar-refractivity contribution >= 4 is 40.6 Å². The summed E-state index contributed by atoms with van der Waals surface area (Å²) in [6.07, 6.45) is 6.14. The highest BCUT2D eigenvalue weighted by Crippen LogP contribution is 2.37. The molecule has 44 heavy (non-hydrogen) atoms. The zero-order valence-electron chi connectivity index (χ0n) is 24.1. The number of carbonyl (C=O) groups is 2. The first-order valence-electron chi connectivity index (χ1n) is 13.8. The topological polar surface area (TPSA) is 145 Å². The molecule has 16 heteroatoms. The predicted octanol–water partition coefficient (Wildman–Crippen LogP) is 3.25. The molecule has 3 aromatic heterocycles. The molecule has 0 unspecified atom stereocenters. The van der Waals surface area contributed by atoms with Crippen LogP contribution >= 0.6 is 11.6 Å². The van der Waals surface area contributed by atoms with Gasteiger partial charge in [0.05, 0.1) is 12.3 Å². The molecule has 1 saturated heterocycles. The molecule has 0 atom stereocenters. The number of rotatable bonds is 11. The molecule has 1 aliphatic rings. The highest BCUT2D eigenvalue weighted by atomic mass is 35.5. The standard InChI is InChI=1S/C28H32ClF2N9O4/c1-37(12-13-43-2)18-6-10-38(11-7-18)22(41)16-39-15-20(24(35-39)19-14-17(29)4-5-21(19)44-28(30)31)34-27(42)23-25(32)36-40-9-3-8-33-26(23)40/h3-5,8-9,14-15,18,28H,6-7,10-13,16H2,1-2H3,(H2,32,36)(H,34,42). The van der Waals surface area contributed by atoms with E-state index in [0.29, 0.717) is 25.7 Å². The highest BCUT2D eigenvalue weighted by molar-refractivity contribution is 6.31. The molecule has 234 valence electrons. The summed E-state index contributed by atoms with van der Waals surface area (Å²) in [6.45, 7) is -0.706. The van der Waals surface area contributed by atoms with Crippen molar-refractivity contribution in [2.75, 3.05) is 51.4 Å². The Bertz CT molecular complexity index is 1640. The molecule has 0 spiro atoms. The Balaban J connectivity index is 1.42. The number of anilines is 2. The molecule has 0 bridgehead atoms. The van der Waals surface area contributed by atoms with Crippen molar-refractivity contribution in [2.45, 2.75) is 32.0 Å². The molecule has 2 amide bonds. The van der Waals surface area contributed by atoms with Crippen LogP contribution in [0.1, 0.15) is 23.2 Å². The SMILES string of the molecule is COCCN(C)C1CCN(C(=O)Cn2cc(NC(=O)c3c(N)nn4cccnc34)c(-c3cc(Cl)ccc3OC(F)F)n2)CC1. The third-order valence-corrected chi connectivity index (χ3v) is 7.69. The number of halogens is 3. The van der Waals surface area contributed by atoms with E-state index in [0.717, 1.165) is 19.4 Å². The van der Waals surface area contributed by atoms with Crippen molar-refractivity contribution in [3.63, 3.8) is 0 Å². The number of hydrogen-bond donors (Lipinski definition) is 2. The number of likely N-dealkylation sites (tertiary alicyclic amines) is 1. The fraction of sp³-hybridized carbons (Fsp3) is 0.393. The first kappa shape index (κ1) is 31.1. The molecule has 5 rings (SSSR count). The number of fused-ring (bicyclic) bond motifs is 1. The Morgan fingerprint density at radius 2 is 2.02 bits per heavy atom. The van der Waals surface area contributed by atoms with Gasteiger partial charge in [-0.3, -0.25) is 14.3 Å². The van der Waals surface area contributed by atoms with E-state index in [4.69, 9.17) is 26.8 Å². The molecule has 13 nitrogen and oxygen atoms in total. The maximum Gasteiger partial charge on any atom is 0.387 e. The lowest BCUT2D eigenvalue weighted by Gasteiger charge is -2.36. The number of amides is 2. The third-order valence-electron chi connectivity index (χ3n) is 7.46. The lowest BCUT2D eigenvalue weighted by molar-refractivity contribution is -0.133. The van der Waals surface area contributed by atoms with E-state index in [2.05, 4.69) is 25.4 Å². The van der Waals surface area contributed by atoms with Gasteiger partial charge in [-0.1, -0.05) is 11.6 Å². The van der Waals surface area contributed by atoms with E-state index in [1.54, 1.807) is 24.3 Å². The number of nitrogens with two attached hydrogens (primary N) is 1. The molecule has 0 radical (unpaired) electrons. The number of aromatic nitrogens is 5. The molecule has 1 aliphatic heterocycles. The van der Waals surface area contributed by atoms with Gasteiger partial charge in [0.1, 0.15) is 23.6 Å². The molecule has 0 saturated carbocycles. The monoisotopic (exact) mass is 631 g/mol. The summed E-state index contributed by atoms with van der Waals surface area (Å²) >= 11 is 6.21. The molecule has 4 aromatic rings. The number of piperidine rings is 1. The molecule has 1 aromatic carbocycles. The van der Waals surface area contributed by atoms with E-state index in [1.807, 2.05) is 7.05 Å². The average molecular weight is 632 g/mol. The van der Waals surface area contributed by atoms with Crippen molar-refractivity contribution in [3.05, 3.63) is 53.4 Å². The van der Waals surface area contributed by atoms with Gasteiger partial charge in [0.15, 0.2) is 11.5 Å². The Hall–Kier alpha value is -4.34. The first-order chi connectivity index (χ1) is 21.1. The number of hydrogen-bond acceptors (Lipinski definition) is 9. The van der Waals surface area contributed by atoms with Crippen LogP contribution in [-0.2, 0) is 16.1 Å². The number of ether oxygens (including phenoxy) is 2. The number of likely N-dealkylation sites (N-methyl/N-ethyl adjacent to an activating group) is 1. The van der Waals surface area contributed by atoms with E-state index in [-0.39, 0.29) is 57.2 Å². The predicted molar refractivity (Wildman–Crippen MR) is 159 cm³/mol. The average Bonchev–Trinajstić information content (AvgIpc) is 3.55. The van der Waals surface area contributed by atoms with Gasteiger partial charge >= 0.3 is 6.61 Å². The molecule has 3 N–H and O–H groups in total.